The Labute approximate surface area is 176 Å². The molecule has 0 saturated carbocycles. The number of hydrogen-bond donors (Lipinski definition) is 0. The van der Waals surface area contributed by atoms with Gasteiger partial charge in [0.2, 0.25) is 15.6 Å². The van der Waals surface area contributed by atoms with Crippen LogP contribution >= 0.6 is 0 Å². The lowest BCUT2D eigenvalue weighted by atomic mass is 9.90. The Morgan fingerprint density at radius 1 is 0.767 bits per heavy atom. The molecule has 150 valence electrons. The van der Waals surface area contributed by atoms with Gasteiger partial charge in [-0.3, -0.25) is 4.79 Å². The summed E-state index contributed by atoms with van der Waals surface area (Å²) in [4.78, 5) is 15.5. The van der Waals surface area contributed by atoms with Gasteiger partial charge in [0.25, 0.3) is 0 Å². The van der Waals surface area contributed by atoms with Crippen LogP contribution in [0.2, 0.25) is 0 Å². The third-order valence-corrected chi connectivity index (χ3v) is 7.79. The first-order valence-corrected chi connectivity index (χ1v) is 11.3. The van der Waals surface area contributed by atoms with E-state index in [4.69, 9.17) is 0 Å². The van der Waals surface area contributed by atoms with E-state index in [1.54, 1.807) is 38.1 Å². The largest absolute Gasteiger partial charge is 0.326 e. The molecule has 0 fully saturated rings. The summed E-state index contributed by atoms with van der Waals surface area (Å²) in [6, 6.07) is 22.2. The van der Waals surface area contributed by atoms with Gasteiger partial charge in [-0.05, 0) is 44.5 Å². The molecule has 2 aliphatic rings. The van der Waals surface area contributed by atoms with Crippen LogP contribution in [0.1, 0.15) is 25.0 Å². The number of aryl methyl sites for hydroxylation is 1. The molecule has 5 rings (SSSR count). The number of carbonyl (C=O) groups excluding carboxylic acids is 1. The zero-order valence-corrected chi connectivity index (χ0v) is 17.8. The van der Waals surface area contributed by atoms with E-state index in [0.29, 0.717) is 5.70 Å². The summed E-state index contributed by atoms with van der Waals surface area (Å²) in [5.41, 5.74) is 3.95. The molecular formula is C25H21NO3S. The maximum absolute atomic E-state index is 13.7. The van der Waals surface area contributed by atoms with Gasteiger partial charge in [-0.1, -0.05) is 60.2 Å². The molecule has 0 atom stereocenters. The first-order valence-electron chi connectivity index (χ1n) is 9.84. The molecule has 3 aromatic carbocycles. The van der Waals surface area contributed by atoms with Crippen LogP contribution in [-0.4, -0.2) is 19.7 Å². The monoisotopic (exact) mass is 415 g/mol. The van der Waals surface area contributed by atoms with Crippen molar-refractivity contribution in [3.05, 3.63) is 88.8 Å². The number of Topliss-reactive ketones (excluding diaryl/α,β-unsaturated/α-hetero) is 1. The summed E-state index contributed by atoms with van der Waals surface area (Å²) in [7, 11) is -4.00. The second kappa shape index (κ2) is 6.16. The van der Waals surface area contributed by atoms with Crippen molar-refractivity contribution in [2.45, 2.75) is 31.2 Å². The van der Waals surface area contributed by atoms with Gasteiger partial charge in [-0.25, -0.2) is 8.42 Å². The summed E-state index contributed by atoms with van der Waals surface area (Å²) in [5, 5.41) is 0. The Morgan fingerprint density at radius 2 is 1.33 bits per heavy atom. The van der Waals surface area contributed by atoms with Crippen LogP contribution in [0, 0.1) is 6.92 Å². The Bertz CT molecular complexity index is 1350. The molecule has 0 N–H and O–H groups in total. The predicted molar refractivity (Wildman–Crippen MR) is 119 cm³/mol. The van der Waals surface area contributed by atoms with Gasteiger partial charge in [0.15, 0.2) is 0 Å². The highest BCUT2D eigenvalue weighted by molar-refractivity contribution is 7.96. The molecule has 0 saturated heterocycles. The third-order valence-electron chi connectivity index (χ3n) is 5.98. The number of hydrogen-bond acceptors (Lipinski definition) is 4. The SMILES string of the molecule is Cc1ccc(S(=O)(=O)C2=C3c4ccccc4-c4ccccc4N3C(C)(C)C2=O)cc1. The van der Waals surface area contributed by atoms with E-state index in [1.807, 2.05) is 60.4 Å². The summed E-state index contributed by atoms with van der Waals surface area (Å²) < 4.78 is 27.4. The van der Waals surface area contributed by atoms with Gasteiger partial charge < -0.3 is 4.90 Å². The molecule has 5 heteroatoms. The van der Waals surface area contributed by atoms with Crippen LogP contribution in [0.3, 0.4) is 0 Å². The Balaban J connectivity index is 1.89. The number of ketones is 1. The number of carbonyl (C=O) groups is 1. The van der Waals surface area contributed by atoms with Crippen molar-refractivity contribution in [1.29, 1.82) is 0 Å². The maximum Gasteiger partial charge on any atom is 0.212 e. The summed E-state index contributed by atoms with van der Waals surface area (Å²) in [5.74, 6) is -0.385. The molecule has 0 amide bonds. The van der Waals surface area contributed by atoms with E-state index in [-0.39, 0.29) is 15.6 Å². The highest BCUT2D eigenvalue weighted by atomic mass is 32.2. The van der Waals surface area contributed by atoms with Crippen LogP contribution < -0.4 is 4.90 Å². The summed E-state index contributed by atoms with van der Waals surface area (Å²) >= 11 is 0. The average molecular weight is 416 g/mol. The minimum atomic E-state index is -4.00. The topological polar surface area (TPSA) is 54.5 Å². The number of anilines is 1. The van der Waals surface area contributed by atoms with E-state index in [1.165, 1.54) is 0 Å². The van der Waals surface area contributed by atoms with Crippen LogP contribution in [-0.2, 0) is 14.6 Å². The normalized spacial score (nSPS) is 16.9. The van der Waals surface area contributed by atoms with Crippen LogP contribution in [0.15, 0.2) is 82.6 Å². The van der Waals surface area contributed by atoms with Gasteiger partial charge in [-0.15, -0.1) is 0 Å². The van der Waals surface area contributed by atoms with Crippen molar-refractivity contribution in [2.75, 3.05) is 4.90 Å². The number of nitrogens with zero attached hydrogens (tertiary/aromatic N) is 1. The van der Waals surface area contributed by atoms with Crippen molar-refractivity contribution >= 4 is 27.0 Å². The van der Waals surface area contributed by atoms with E-state index in [0.717, 1.165) is 27.9 Å². The molecule has 30 heavy (non-hydrogen) atoms. The van der Waals surface area contributed by atoms with E-state index < -0.39 is 15.4 Å². The highest BCUT2D eigenvalue weighted by Crippen LogP contribution is 2.53. The van der Waals surface area contributed by atoms with Gasteiger partial charge in [-0.2, -0.15) is 0 Å². The number of sulfone groups is 1. The number of rotatable bonds is 2. The molecule has 0 bridgehead atoms. The zero-order chi connectivity index (χ0) is 21.3. The van der Waals surface area contributed by atoms with E-state index in [9.17, 15) is 13.2 Å². The van der Waals surface area contributed by atoms with Gasteiger partial charge in [0, 0.05) is 16.8 Å². The van der Waals surface area contributed by atoms with E-state index in [2.05, 4.69) is 0 Å². The van der Waals surface area contributed by atoms with Crippen molar-refractivity contribution in [1.82, 2.24) is 0 Å². The molecule has 0 aliphatic carbocycles. The molecule has 0 aromatic heterocycles. The van der Waals surface area contributed by atoms with E-state index >= 15 is 0 Å². The van der Waals surface area contributed by atoms with Gasteiger partial charge >= 0.3 is 0 Å². The molecular weight excluding hydrogens is 394 g/mol. The lowest BCUT2D eigenvalue weighted by Gasteiger charge is -2.39. The maximum atomic E-state index is 13.7. The van der Waals surface area contributed by atoms with Crippen molar-refractivity contribution in [3.8, 4) is 11.1 Å². The first kappa shape index (κ1) is 18.8. The molecule has 0 spiro atoms. The number of fused-ring (bicyclic) bond motifs is 6. The quantitative estimate of drug-likeness (QED) is 0.592. The minimum absolute atomic E-state index is 0.127. The fourth-order valence-electron chi connectivity index (χ4n) is 4.44. The number of para-hydroxylation sites is 1. The molecule has 2 heterocycles. The molecule has 0 unspecified atom stereocenters. The standard InChI is InChI=1S/C25H21NO3S/c1-16-12-14-17(15-13-16)30(28,29)23-22-20-10-5-4-8-18(20)19-9-6-7-11-21(19)26(22)25(2,3)24(23)27/h4-15H,1-3H3. The second-order valence-corrected chi connectivity index (χ2v) is 10.2. The number of benzene rings is 3. The molecule has 2 aliphatic heterocycles. The Kier molecular flexibility index (Phi) is 3.86. The fraction of sp³-hybridized carbons (Fsp3) is 0.160. The fourth-order valence-corrected chi connectivity index (χ4v) is 6.12. The van der Waals surface area contributed by atoms with Crippen LogP contribution in [0.25, 0.3) is 16.8 Å². The van der Waals surface area contributed by atoms with Crippen molar-refractivity contribution in [3.63, 3.8) is 0 Å². The zero-order valence-electron chi connectivity index (χ0n) is 17.0. The van der Waals surface area contributed by atoms with Gasteiger partial charge in [0.05, 0.1) is 10.6 Å². The molecule has 4 nitrogen and oxygen atoms in total. The second-order valence-electron chi connectivity index (χ2n) is 8.28. The first-order chi connectivity index (χ1) is 14.2. The molecule has 3 aromatic rings. The summed E-state index contributed by atoms with van der Waals surface area (Å²) in [6.45, 7) is 5.48. The Morgan fingerprint density at radius 3 is 2.00 bits per heavy atom. The van der Waals surface area contributed by atoms with Crippen molar-refractivity contribution in [2.24, 2.45) is 0 Å². The predicted octanol–water partition coefficient (Wildman–Crippen LogP) is 4.99. The van der Waals surface area contributed by atoms with Crippen LogP contribution in [0.4, 0.5) is 5.69 Å². The Hall–Kier alpha value is -3.18. The smallest absolute Gasteiger partial charge is 0.212 e. The average Bonchev–Trinajstić information content (AvgIpc) is 2.95. The van der Waals surface area contributed by atoms with Crippen molar-refractivity contribution < 1.29 is 13.2 Å². The molecule has 0 radical (unpaired) electrons. The highest BCUT2D eigenvalue weighted by Gasteiger charge is 2.53. The minimum Gasteiger partial charge on any atom is -0.326 e. The van der Waals surface area contributed by atoms with Crippen LogP contribution in [0.5, 0.6) is 0 Å². The lowest BCUT2D eigenvalue weighted by molar-refractivity contribution is -0.117. The lowest BCUT2D eigenvalue weighted by Crippen LogP contribution is -2.45. The van der Waals surface area contributed by atoms with Gasteiger partial charge in [0.1, 0.15) is 10.4 Å². The summed E-state index contributed by atoms with van der Waals surface area (Å²) in [6.07, 6.45) is 0. The third kappa shape index (κ3) is 2.39.